The zero-order valence-corrected chi connectivity index (χ0v) is 28.1. The smallest absolute Gasteiger partial charge is 0.224 e. The van der Waals surface area contributed by atoms with Gasteiger partial charge in [-0.3, -0.25) is 24.0 Å². The molecule has 1 aliphatic rings. The Kier molecular flexibility index (Phi) is 12.8. The highest BCUT2D eigenvalue weighted by Gasteiger charge is 2.36. The molecule has 1 heterocycles. The first kappa shape index (κ1) is 35.8. The van der Waals surface area contributed by atoms with E-state index in [0.717, 1.165) is 37.4 Å². The minimum Gasteiger partial charge on any atom is -0.369 e. The van der Waals surface area contributed by atoms with Gasteiger partial charge in [0.05, 0.1) is 12.0 Å². The average molecular weight is 618 g/mol. The Labute approximate surface area is 268 Å². The van der Waals surface area contributed by atoms with E-state index in [1.165, 1.54) is 0 Å². The van der Waals surface area contributed by atoms with Crippen LogP contribution in [-0.4, -0.2) is 73.2 Å². The molecule has 0 spiro atoms. The molecular formula is C37H51N3O5. The van der Waals surface area contributed by atoms with Crippen molar-refractivity contribution in [1.29, 1.82) is 0 Å². The second kappa shape index (κ2) is 16.1. The van der Waals surface area contributed by atoms with Crippen LogP contribution in [0.5, 0.6) is 0 Å². The molecule has 1 N–H and O–H groups in total. The van der Waals surface area contributed by atoms with E-state index in [1.54, 1.807) is 6.92 Å². The van der Waals surface area contributed by atoms with Crippen molar-refractivity contribution in [3.8, 4) is 0 Å². The molecule has 2 aromatic rings. The zero-order valence-electron chi connectivity index (χ0n) is 28.1. The van der Waals surface area contributed by atoms with Gasteiger partial charge in [0.2, 0.25) is 11.7 Å². The molecular weight excluding hydrogens is 566 g/mol. The second-order valence-electron chi connectivity index (χ2n) is 13.9. The summed E-state index contributed by atoms with van der Waals surface area (Å²) in [6, 6.07) is 16.2. The number of rotatable bonds is 15. The number of nitrogens with zero attached hydrogens (tertiary/aromatic N) is 2. The summed E-state index contributed by atoms with van der Waals surface area (Å²) in [6.45, 7) is 14.8. The maximum absolute atomic E-state index is 13.5. The van der Waals surface area contributed by atoms with Crippen LogP contribution in [0, 0.1) is 23.2 Å². The van der Waals surface area contributed by atoms with Crippen LogP contribution in [0.25, 0.3) is 0 Å². The Morgan fingerprint density at radius 2 is 1.42 bits per heavy atom. The molecule has 2 aromatic carbocycles. The summed E-state index contributed by atoms with van der Waals surface area (Å²) in [4.78, 5) is 70.5. The predicted octanol–water partition coefficient (Wildman–Crippen LogP) is 5.18. The lowest BCUT2D eigenvalue weighted by molar-refractivity contribution is -0.141. The minimum atomic E-state index is -0.867. The number of piperazine rings is 1. The molecule has 1 fully saturated rings. The second-order valence-corrected chi connectivity index (χ2v) is 13.9. The van der Waals surface area contributed by atoms with Gasteiger partial charge in [-0.05, 0) is 61.6 Å². The van der Waals surface area contributed by atoms with Gasteiger partial charge in [0.15, 0.2) is 17.3 Å². The molecule has 1 aliphatic heterocycles. The van der Waals surface area contributed by atoms with E-state index in [4.69, 9.17) is 0 Å². The van der Waals surface area contributed by atoms with Crippen molar-refractivity contribution in [3.05, 3.63) is 65.7 Å². The lowest BCUT2D eigenvalue weighted by Gasteiger charge is -2.34. The van der Waals surface area contributed by atoms with Crippen molar-refractivity contribution in [1.82, 2.24) is 10.2 Å². The van der Waals surface area contributed by atoms with Crippen molar-refractivity contribution in [2.45, 2.75) is 73.3 Å². The molecule has 3 rings (SSSR count). The molecule has 1 amide bonds. The average Bonchev–Trinajstić information content (AvgIpc) is 3.00. The first-order chi connectivity index (χ1) is 21.2. The molecule has 0 aromatic heterocycles. The van der Waals surface area contributed by atoms with Gasteiger partial charge in [-0.2, -0.15) is 0 Å². The molecule has 45 heavy (non-hydrogen) atoms. The SMILES string of the molecule is CC(C)[C@H](CC(=O)[C@H](C)NC(=O)[C@@H](CC(=O)c1ccc(N2CCN(C)CC2)cc1)C(C)(C)C)C(=O)C(=O)CCc1ccccc1. The number of carbonyl (C=O) groups is 5. The lowest BCUT2D eigenvalue weighted by Crippen LogP contribution is -2.46. The Balaban J connectivity index is 1.59. The van der Waals surface area contributed by atoms with Crippen LogP contribution in [0.1, 0.15) is 76.7 Å². The fourth-order valence-electron chi connectivity index (χ4n) is 5.67. The topological polar surface area (TPSA) is 104 Å². The number of amides is 1. The van der Waals surface area contributed by atoms with Crippen LogP contribution >= 0.6 is 0 Å². The van der Waals surface area contributed by atoms with Crippen LogP contribution < -0.4 is 10.2 Å². The van der Waals surface area contributed by atoms with Gasteiger partial charge in [-0.15, -0.1) is 0 Å². The van der Waals surface area contributed by atoms with Gasteiger partial charge in [0.1, 0.15) is 0 Å². The number of ketones is 4. The summed E-state index contributed by atoms with van der Waals surface area (Å²) >= 11 is 0. The summed E-state index contributed by atoms with van der Waals surface area (Å²) in [6.07, 6.45) is 0.428. The van der Waals surface area contributed by atoms with E-state index in [2.05, 4.69) is 22.2 Å². The highest BCUT2D eigenvalue weighted by Crippen LogP contribution is 2.31. The number of hydrogen-bond acceptors (Lipinski definition) is 7. The van der Waals surface area contributed by atoms with Gasteiger partial charge in [-0.1, -0.05) is 65.0 Å². The predicted molar refractivity (Wildman–Crippen MR) is 178 cm³/mol. The molecule has 244 valence electrons. The summed E-state index contributed by atoms with van der Waals surface area (Å²) in [7, 11) is 2.11. The van der Waals surface area contributed by atoms with Crippen LogP contribution in [0.15, 0.2) is 54.6 Å². The highest BCUT2D eigenvalue weighted by atomic mass is 16.2. The largest absolute Gasteiger partial charge is 0.369 e. The normalized spacial score (nSPS) is 16.1. The van der Waals surface area contributed by atoms with E-state index in [-0.39, 0.29) is 42.7 Å². The summed E-state index contributed by atoms with van der Waals surface area (Å²) in [5.41, 5.74) is 2.06. The van der Waals surface area contributed by atoms with E-state index < -0.39 is 34.9 Å². The van der Waals surface area contributed by atoms with E-state index >= 15 is 0 Å². The molecule has 0 saturated carbocycles. The fraction of sp³-hybridized carbons (Fsp3) is 0.541. The van der Waals surface area contributed by atoms with Crippen LogP contribution in [0.3, 0.4) is 0 Å². The summed E-state index contributed by atoms with van der Waals surface area (Å²) in [5.74, 6) is -3.48. The van der Waals surface area contributed by atoms with Crippen molar-refractivity contribution in [2.24, 2.45) is 23.2 Å². The maximum Gasteiger partial charge on any atom is 0.224 e. The maximum atomic E-state index is 13.5. The van der Waals surface area contributed by atoms with Crippen LogP contribution in [0.4, 0.5) is 5.69 Å². The molecule has 0 radical (unpaired) electrons. The molecule has 3 atom stereocenters. The minimum absolute atomic E-state index is 0.00706. The Morgan fingerprint density at radius 3 is 1.98 bits per heavy atom. The first-order valence-corrected chi connectivity index (χ1v) is 16.2. The molecule has 8 heteroatoms. The van der Waals surface area contributed by atoms with E-state index in [0.29, 0.717) is 12.0 Å². The number of likely N-dealkylation sites (N-methyl/N-ethyl adjacent to an activating group) is 1. The van der Waals surface area contributed by atoms with Crippen molar-refractivity contribution < 1.29 is 24.0 Å². The van der Waals surface area contributed by atoms with E-state index in [9.17, 15) is 24.0 Å². The highest BCUT2D eigenvalue weighted by molar-refractivity contribution is 6.38. The fourth-order valence-corrected chi connectivity index (χ4v) is 5.67. The summed E-state index contributed by atoms with van der Waals surface area (Å²) < 4.78 is 0. The third-order valence-corrected chi connectivity index (χ3v) is 8.97. The van der Waals surface area contributed by atoms with Gasteiger partial charge in [0, 0.05) is 62.6 Å². The molecule has 8 nitrogen and oxygen atoms in total. The van der Waals surface area contributed by atoms with Crippen LogP contribution in [-0.2, 0) is 25.6 Å². The third kappa shape index (κ3) is 10.5. The van der Waals surface area contributed by atoms with Crippen LogP contribution in [0.2, 0.25) is 0 Å². The number of hydrogen-bond donors (Lipinski definition) is 1. The Morgan fingerprint density at radius 1 is 0.822 bits per heavy atom. The number of Topliss-reactive ketones (excluding diaryl/α,β-unsaturated/α-hetero) is 4. The van der Waals surface area contributed by atoms with Gasteiger partial charge >= 0.3 is 0 Å². The monoisotopic (exact) mass is 617 g/mol. The number of carbonyl (C=O) groups excluding carboxylic acids is 5. The zero-order chi connectivity index (χ0) is 33.3. The summed E-state index contributed by atoms with van der Waals surface area (Å²) in [5, 5.41) is 2.81. The van der Waals surface area contributed by atoms with Gasteiger partial charge < -0.3 is 15.1 Å². The standard InChI is InChI=1S/C37H51N3O5/c1-25(2)30(35(44)32(41)18-13-27-11-9-8-10-12-27)23-33(42)26(3)38-36(45)31(37(4,5)6)24-34(43)28-14-16-29(17-15-28)40-21-19-39(7)20-22-40/h8-12,14-17,25-26,30-31H,13,18-24H2,1-7H3,(H,38,45)/t26-,30-,31+/m0/s1. The van der Waals surface area contributed by atoms with Crippen molar-refractivity contribution >= 4 is 34.7 Å². The Hall–Kier alpha value is -3.65. The third-order valence-electron chi connectivity index (χ3n) is 8.97. The molecule has 0 aliphatic carbocycles. The number of anilines is 1. The molecule has 0 unspecified atom stereocenters. The number of aryl methyl sites for hydroxylation is 1. The first-order valence-electron chi connectivity index (χ1n) is 16.2. The molecule has 0 bridgehead atoms. The van der Waals surface area contributed by atoms with Crippen molar-refractivity contribution in [3.63, 3.8) is 0 Å². The number of nitrogens with one attached hydrogen (secondary N) is 1. The lowest BCUT2D eigenvalue weighted by atomic mass is 9.76. The van der Waals surface area contributed by atoms with Gasteiger partial charge in [0.25, 0.3) is 0 Å². The molecule has 1 saturated heterocycles. The van der Waals surface area contributed by atoms with Gasteiger partial charge in [-0.25, -0.2) is 0 Å². The Bertz CT molecular complexity index is 1320. The van der Waals surface area contributed by atoms with E-state index in [1.807, 2.05) is 89.2 Å². The number of benzene rings is 2. The van der Waals surface area contributed by atoms with Crippen molar-refractivity contribution in [2.75, 3.05) is 38.1 Å². The quantitative estimate of drug-likeness (QED) is 0.217.